The van der Waals surface area contributed by atoms with Crippen molar-refractivity contribution in [2.75, 3.05) is 39.2 Å². The molecule has 1 aromatic carbocycles. The zero-order valence-corrected chi connectivity index (χ0v) is 17.1. The molecule has 28 heavy (non-hydrogen) atoms. The Kier molecular flexibility index (Phi) is 7.04. The minimum Gasteiger partial charge on any atom is -0.492 e. The van der Waals surface area contributed by atoms with Crippen LogP contribution in [0.3, 0.4) is 0 Å². The molecule has 1 aromatic heterocycles. The lowest BCUT2D eigenvalue weighted by atomic mass is 10.1. The van der Waals surface area contributed by atoms with Gasteiger partial charge in [0.2, 0.25) is 0 Å². The first-order valence-corrected chi connectivity index (χ1v) is 9.17. The molecular formula is C20H29N3O5. The molecule has 0 aliphatic carbocycles. The molecule has 8 heteroatoms. The summed E-state index contributed by atoms with van der Waals surface area (Å²) in [7, 11) is 3.91. The van der Waals surface area contributed by atoms with Crippen LogP contribution in [0, 0.1) is 0 Å². The molecule has 0 fully saturated rings. The number of carbonyl (C=O) groups is 2. The zero-order chi connectivity index (χ0) is 20.9. The van der Waals surface area contributed by atoms with Gasteiger partial charge >= 0.3 is 6.09 Å². The van der Waals surface area contributed by atoms with Gasteiger partial charge in [0, 0.05) is 37.9 Å². The highest BCUT2D eigenvalue weighted by molar-refractivity contribution is 6.04. The van der Waals surface area contributed by atoms with Crippen LogP contribution in [0.25, 0.3) is 10.9 Å². The second-order valence-corrected chi connectivity index (χ2v) is 7.57. The second kappa shape index (κ2) is 9.07. The summed E-state index contributed by atoms with van der Waals surface area (Å²) >= 11 is 0. The molecule has 1 amide bonds. The molecule has 0 bridgehead atoms. The van der Waals surface area contributed by atoms with Gasteiger partial charge in [-0.1, -0.05) is 0 Å². The summed E-state index contributed by atoms with van der Waals surface area (Å²) in [5.74, 6) is 0.470. The van der Waals surface area contributed by atoms with Gasteiger partial charge in [-0.3, -0.25) is 10.1 Å². The highest BCUT2D eigenvalue weighted by Gasteiger charge is 2.23. The van der Waals surface area contributed by atoms with Crippen molar-refractivity contribution in [1.29, 1.82) is 0 Å². The number of anilines is 1. The topological polar surface area (TPSA) is 104 Å². The number of ketones is 1. The Morgan fingerprint density at radius 2 is 1.96 bits per heavy atom. The highest BCUT2D eigenvalue weighted by atomic mass is 16.6. The van der Waals surface area contributed by atoms with Crippen molar-refractivity contribution in [3.63, 3.8) is 0 Å². The molecule has 0 saturated carbocycles. The van der Waals surface area contributed by atoms with Gasteiger partial charge in [0.1, 0.15) is 18.0 Å². The van der Waals surface area contributed by atoms with Crippen LogP contribution in [0.15, 0.2) is 18.2 Å². The molecule has 0 radical (unpaired) electrons. The van der Waals surface area contributed by atoms with Gasteiger partial charge in [-0.25, -0.2) is 4.79 Å². The number of nitrogens with zero attached hydrogens (tertiary/aromatic N) is 1. The molecule has 1 heterocycles. The van der Waals surface area contributed by atoms with Crippen LogP contribution >= 0.6 is 0 Å². The SMILES string of the molecule is CC(=O)c1cc2cc(OCCN(C)C)cc(NC(=O)OC(C)(C)CCO)c2[nH]1. The van der Waals surface area contributed by atoms with Crippen LogP contribution in [0.5, 0.6) is 5.75 Å². The number of nitrogens with one attached hydrogen (secondary N) is 2. The predicted molar refractivity (Wildman–Crippen MR) is 108 cm³/mol. The summed E-state index contributed by atoms with van der Waals surface area (Å²) in [6.45, 7) is 6.06. The standard InChI is InChI=1S/C20H29N3O5/c1-13(25)16-11-14-10-15(27-9-7-23(4)5)12-17(18(14)21-16)22-19(26)28-20(2,3)6-8-24/h10-12,21,24H,6-9H2,1-5H3,(H,22,26). The van der Waals surface area contributed by atoms with Crippen molar-refractivity contribution in [3.05, 3.63) is 23.9 Å². The molecule has 3 N–H and O–H groups in total. The maximum absolute atomic E-state index is 12.4. The predicted octanol–water partition coefficient (Wildman–Crippen LogP) is 3.02. The largest absolute Gasteiger partial charge is 0.492 e. The molecular weight excluding hydrogens is 362 g/mol. The Hall–Kier alpha value is -2.58. The summed E-state index contributed by atoms with van der Waals surface area (Å²) in [5, 5.41) is 12.6. The number of aliphatic hydroxyl groups excluding tert-OH is 1. The minimum absolute atomic E-state index is 0.0850. The fourth-order valence-corrected chi connectivity index (χ4v) is 2.64. The molecule has 0 aliphatic rings. The van der Waals surface area contributed by atoms with Gasteiger partial charge in [0.05, 0.1) is 16.9 Å². The molecule has 0 spiro atoms. The number of benzene rings is 1. The number of aromatic nitrogens is 1. The van der Waals surface area contributed by atoms with Crippen LogP contribution in [-0.2, 0) is 4.74 Å². The van der Waals surface area contributed by atoms with E-state index in [1.807, 2.05) is 25.1 Å². The van der Waals surface area contributed by atoms with E-state index in [-0.39, 0.29) is 12.4 Å². The quantitative estimate of drug-likeness (QED) is 0.568. The van der Waals surface area contributed by atoms with Crippen LogP contribution in [-0.4, -0.2) is 66.3 Å². The molecule has 8 nitrogen and oxygen atoms in total. The maximum atomic E-state index is 12.4. The first-order chi connectivity index (χ1) is 13.1. The first kappa shape index (κ1) is 21.7. The normalized spacial score (nSPS) is 11.7. The van der Waals surface area contributed by atoms with E-state index in [4.69, 9.17) is 14.6 Å². The lowest BCUT2D eigenvalue weighted by Gasteiger charge is -2.24. The first-order valence-electron chi connectivity index (χ1n) is 9.17. The van der Waals surface area contributed by atoms with E-state index in [9.17, 15) is 9.59 Å². The number of ether oxygens (including phenoxy) is 2. The van der Waals surface area contributed by atoms with Crippen molar-refractivity contribution in [1.82, 2.24) is 9.88 Å². The van der Waals surface area contributed by atoms with Crippen LogP contribution in [0.1, 0.15) is 37.7 Å². The third-order valence-corrected chi connectivity index (χ3v) is 4.21. The van der Waals surface area contributed by atoms with E-state index in [1.165, 1.54) is 6.92 Å². The van der Waals surface area contributed by atoms with Gasteiger partial charge in [-0.2, -0.15) is 0 Å². The van der Waals surface area contributed by atoms with Crippen molar-refractivity contribution >= 4 is 28.5 Å². The average Bonchev–Trinajstić information content (AvgIpc) is 2.98. The van der Waals surface area contributed by atoms with E-state index in [0.29, 0.717) is 35.7 Å². The van der Waals surface area contributed by atoms with Gasteiger partial charge in [-0.15, -0.1) is 0 Å². The molecule has 2 rings (SSSR count). The highest BCUT2D eigenvalue weighted by Crippen LogP contribution is 2.30. The van der Waals surface area contributed by atoms with Gasteiger partial charge in [-0.05, 0) is 40.1 Å². The van der Waals surface area contributed by atoms with Crippen molar-refractivity contribution < 1.29 is 24.2 Å². The van der Waals surface area contributed by atoms with E-state index >= 15 is 0 Å². The summed E-state index contributed by atoms with van der Waals surface area (Å²) in [6.07, 6.45) is -0.329. The van der Waals surface area contributed by atoms with Gasteiger partial charge in [0.15, 0.2) is 5.78 Å². The Balaban J connectivity index is 2.29. The molecule has 2 aromatic rings. The number of H-pyrrole nitrogens is 1. The van der Waals surface area contributed by atoms with Crippen molar-refractivity contribution in [3.8, 4) is 5.75 Å². The van der Waals surface area contributed by atoms with Crippen molar-refractivity contribution in [2.24, 2.45) is 0 Å². The third kappa shape index (κ3) is 5.97. The molecule has 0 unspecified atom stereocenters. The number of aromatic amines is 1. The monoisotopic (exact) mass is 391 g/mol. The minimum atomic E-state index is -0.807. The van der Waals surface area contributed by atoms with E-state index in [0.717, 1.165) is 11.9 Å². The number of hydrogen-bond donors (Lipinski definition) is 3. The smallest absolute Gasteiger partial charge is 0.412 e. The molecule has 154 valence electrons. The number of rotatable bonds is 9. The van der Waals surface area contributed by atoms with E-state index in [1.54, 1.807) is 26.0 Å². The Morgan fingerprint density at radius 1 is 1.25 bits per heavy atom. The fraction of sp³-hybridized carbons (Fsp3) is 0.500. The summed E-state index contributed by atoms with van der Waals surface area (Å²) < 4.78 is 11.2. The molecule has 0 saturated heterocycles. The number of aliphatic hydroxyl groups is 1. The fourth-order valence-electron chi connectivity index (χ4n) is 2.64. The summed E-state index contributed by atoms with van der Waals surface area (Å²) in [6, 6.07) is 5.24. The molecule has 0 aliphatic heterocycles. The third-order valence-electron chi connectivity index (χ3n) is 4.21. The Labute approximate surface area is 164 Å². The summed E-state index contributed by atoms with van der Waals surface area (Å²) in [5.41, 5.74) is 0.701. The van der Waals surface area contributed by atoms with Crippen molar-refractivity contribution in [2.45, 2.75) is 32.8 Å². The zero-order valence-electron chi connectivity index (χ0n) is 17.1. The average molecular weight is 391 g/mol. The number of carbonyl (C=O) groups excluding carboxylic acids is 2. The number of fused-ring (bicyclic) bond motifs is 1. The number of likely N-dealkylation sites (N-methyl/N-ethyl adjacent to an activating group) is 1. The van der Waals surface area contributed by atoms with Crippen LogP contribution < -0.4 is 10.1 Å². The lowest BCUT2D eigenvalue weighted by molar-refractivity contribution is 0.0295. The van der Waals surface area contributed by atoms with Crippen LogP contribution in [0.2, 0.25) is 0 Å². The number of Topliss-reactive ketones (excluding diaryl/α,β-unsaturated/α-hetero) is 1. The van der Waals surface area contributed by atoms with Crippen LogP contribution in [0.4, 0.5) is 10.5 Å². The van der Waals surface area contributed by atoms with E-state index in [2.05, 4.69) is 10.3 Å². The van der Waals surface area contributed by atoms with Gasteiger partial charge in [0.25, 0.3) is 0 Å². The van der Waals surface area contributed by atoms with Gasteiger partial charge < -0.3 is 24.5 Å². The maximum Gasteiger partial charge on any atom is 0.412 e. The number of hydrogen-bond acceptors (Lipinski definition) is 6. The van der Waals surface area contributed by atoms with E-state index < -0.39 is 11.7 Å². The summed E-state index contributed by atoms with van der Waals surface area (Å²) in [4.78, 5) is 29.1. The second-order valence-electron chi connectivity index (χ2n) is 7.57. The Bertz CT molecular complexity index is 842. The lowest BCUT2D eigenvalue weighted by Crippen LogP contribution is -2.31. The molecule has 0 atom stereocenters. The Morgan fingerprint density at radius 3 is 2.57 bits per heavy atom. The number of amides is 1.